The highest BCUT2D eigenvalue weighted by Gasteiger charge is 1.94. The highest BCUT2D eigenvalue weighted by Crippen LogP contribution is 1.93. The average Bonchev–Trinajstić information content (AvgIpc) is 2.03. The fourth-order valence-corrected chi connectivity index (χ4v) is 0.456. The number of carbonyl (C=O) groups is 1. The van der Waals surface area contributed by atoms with Gasteiger partial charge in [0.2, 0.25) is 5.91 Å². The van der Waals surface area contributed by atoms with Crippen molar-refractivity contribution in [3.05, 3.63) is 18.5 Å². The third kappa shape index (κ3) is 3.72. The zero-order valence-corrected chi connectivity index (χ0v) is 7.17. The van der Waals surface area contributed by atoms with Gasteiger partial charge in [0.15, 0.2) is 0 Å². The fourth-order valence-electron chi connectivity index (χ4n) is 0.456. The molecule has 1 amide bonds. The molecule has 66 valence electrons. The summed E-state index contributed by atoms with van der Waals surface area (Å²) in [7, 11) is 0. The van der Waals surface area contributed by atoms with Crippen LogP contribution >= 0.6 is 12.4 Å². The molecule has 5 nitrogen and oxygen atoms in total. The molecule has 12 heavy (non-hydrogen) atoms. The van der Waals surface area contributed by atoms with Crippen molar-refractivity contribution in [1.82, 2.24) is 15.4 Å². The summed E-state index contributed by atoms with van der Waals surface area (Å²) in [6, 6.07) is 1.78. The van der Waals surface area contributed by atoms with Gasteiger partial charge >= 0.3 is 6.01 Å². The number of nitrogens with one attached hydrogen (secondary N) is 1. The minimum absolute atomic E-state index is 0. The number of hydrogen-bond acceptors (Lipinski definition) is 4. The van der Waals surface area contributed by atoms with E-state index in [1.54, 1.807) is 6.07 Å². The Bertz CT molecular complexity index is 242. The molecular formula is C6H8ClN3O2. The topological polar surface area (TPSA) is 64.1 Å². The molecule has 1 rings (SSSR count). The maximum Gasteiger partial charge on any atom is 0.342 e. The van der Waals surface area contributed by atoms with E-state index in [4.69, 9.17) is 0 Å². The summed E-state index contributed by atoms with van der Waals surface area (Å²) in [6.07, 6.45) is 3.04. The fraction of sp³-hybridized carbons (Fsp3) is 0.167. The second-order valence-electron chi connectivity index (χ2n) is 1.79. The number of halogens is 1. The molecule has 0 saturated carbocycles. The highest BCUT2D eigenvalue weighted by atomic mass is 35.5. The van der Waals surface area contributed by atoms with Crippen molar-refractivity contribution in [3.63, 3.8) is 0 Å². The van der Waals surface area contributed by atoms with Crippen LogP contribution in [0.4, 0.5) is 0 Å². The molecule has 0 aliphatic carbocycles. The van der Waals surface area contributed by atoms with Gasteiger partial charge in [0, 0.05) is 19.3 Å². The maximum atomic E-state index is 10.3. The monoisotopic (exact) mass is 189 g/mol. The van der Waals surface area contributed by atoms with E-state index in [0.29, 0.717) is 0 Å². The Hall–Kier alpha value is -1.36. The lowest BCUT2D eigenvalue weighted by Crippen LogP contribution is -2.24. The molecule has 0 aromatic carbocycles. The van der Waals surface area contributed by atoms with Crippen LogP contribution in [0, 0.1) is 0 Å². The largest absolute Gasteiger partial charge is 0.342 e. The van der Waals surface area contributed by atoms with Crippen molar-refractivity contribution < 1.29 is 9.63 Å². The van der Waals surface area contributed by atoms with Gasteiger partial charge in [-0.1, -0.05) is 0 Å². The second kappa shape index (κ2) is 5.31. The normalized spacial score (nSPS) is 8.08. The Morgan fingerprint density at radius 3 is 2.58 bits per heavy atom. The molecule has 0 atom stereocenters. The standard InChI is InChI=1S/C6H7N3O2.ClH/c1-5(10)9-11-6-7-3-2-4-8-6;/h2-4H,1H3,(H,9,10);1H. The molecule has 0 bridgehead atoms. The van der Waals surface area contributed by atoms with E-state index in [2.05, 4.69) is 20.3 Å². The van der Waals surface area contributed by atoms with E-state index in [-0.39, 0.29) is 24.3 Å². The predicted octanol–water partition coefficient (Wildman–Crippen LogP) is 0.328. The highest BCUT2D eigenvalue weighted by molar-refractivity contribution is 5.85. The Morgan fingerprint density at radius 1 is 1.50 bits per heavy atom. The summed E-state index contributed by atoms with van der Waals surface area (Å²) in [6.45, 7) is 1.34. The summed E-state index contributed by atoms with van der Waals surface area (Å²) < 4.78 is 0. The van der Waals surface area contributed by atoms with Crippen LogP contribution in [0.3, 0.4) is 0 Å². The van der Waals surface area contributed by atoms with Crippen molar-refractivity contribution in [2.45, 2.75) is 6.92 Å². The summed E-state index contributed by atoms with van der Waals surface area (Å²) in [4.78, 5) is 22.4. The SMILES string of the molecule is CC(=O)NOc1ncccn1.Cl. The van der Waals surface area contributed by atoms with E-state index in [1.807, 2.05) is 0 Å². The van der Waals surface area contributed by atoms with Gasteiger partial charge in [-0.25, -0.2) is 9.97 Å². The van der Waals surface area contributed by atoms with Crippen molar-refractivity contribution in [1.29, 1.82) is 0 Å². The molecule has 0 aliphatic rings. The first-order valence-corrected chi connectivity index (χ1v) is 2.99. The van der Waals surface area contributed by atoms with Crippen molar-refractivity contribution in [2.24, 2.45) is 0 Å². The third-order valence-electron chi connectivity index (χ3n) is 0.828. The number of hydroxylamine groups is 1. The molecule has 1 heterocycles. The Labute approximate surface area is 75.5 Å². The molecule has 0 fully saturated rings. The van der Waals surface area contributed by atoms with E-state index >= 15 is 0 Å². The lowest BCUT2D eigenvalue weighted by Gasteiger charge is -1.99. The van der Waals surface area contributed by atoms with E-state index in [9.17, 15) is 4.79 Å². The van der Waals surface area contributed by atoms with Gasteiger partial charge in [0.05, 0.1) is 0 Å². The van der Waals surface area contributed by atoms with Gasteiger partial charge in [-0.15, -0.1) is 12.4 Å². The first-order chi connectivity index (χ1) is 5.29. The molecular weight excluding hydrogens is 182 g/mol. The lowest BCUT2D eigenvalue weighted by molar-refractivity contribution is -0.125. The zero-order chi connectivity index (χ0) is 8.10. The number of amides is 1. The van der Waals surface area contributed by atoms with Crippen LogP contribution in [-0.2, 0) is 4.79 Å². The van der Waals surface area contributed by atoms with Crippen molar-refractivity contribution in [2.75, 3.05) is 0 Å². The molecule has 6 heteroatoms. The first kappa shape index (κ1) is 10.6. The number of hydrogen-bond donors (Lipinski definition) is 1. The van der Waals surface area contributed by atoms with E-state index in [1.165, 1.54) is 19.3 Å². The van der Waals surface area contributed by atoms with E-state index in [0.717, 1.165) is 0 Å². The zero-order valence-electron chi connectivity index (χ0n) is 6.35. The predicted molar refractivity (Wildman–Crippen MR) is 43.7 cm³/mol. The number of rotatable bonds is 2. The van der Waals surface area contributed by atoms with E-state index < -0.39 is 0 Å². The van der Waals surface area contributed by atoms with Crippen LogP contribution < -0.4 is 10.3 Å². The van der Waals surface area contributed by atoms with Crippen LogP contribution in [0.2, 0.25) is 0 Å². The van der Waals surface area contributed by atoms with Gasteiger partial charge in [-0.2, -0.15) is 5.48 Å². The molecule has 0 radical (unpaired) electrons. The maximum absolute atomic E-state index is 10.3. The molecule has 1 aromatic heterocycles. The Kier molecular flexibility index (Phi) is 4.71. The average molecular weight is 190 g/mol. The molecule has 1 N–H and O–H groups in total. The Balaban J connectivity index is 0.00000121. The number of nitrogens with zero attached hydrogens (tertiary/aromatic N) is 2. The van der Waals surface area contributed by atoms with Crippen molar-refractivity contribution >= 4 is 18.3 Å². The summed E-state index contributed by atoms with van der Waals surface area (Å²) in [5.41, 5.74) is 2.10. The number of aromatic nitrogens is 2. The molecule has 0 aliphatic heterocycles. The second-order valence-corrected chi connectivity index (χ2v) is 1.79. The number of carbonyl (C=O) groups excluding carboxylic acids is 1. The van der Waals surface area contributed by atoms with Crippen LogP contribution in [0.1, 0.15) is 6.92 Å². The van der Waals surface area contributed by atoms with Crippen LogP contribution in [0.15, 0.2) is 18.5 Å². The van der Waals surface area contributed by atoms with Crippen LogP contribution in [0.5, 0.6) is 6.01 Å². The molecule has 0 saturated heterocycles. The van der Waals surface area contributed by atoms with Gasteiger partial charge in [-0.05, 0) is 6.07 Å². The first-order valence-electron chi connectivity index (χ1n) is 2.99. The summed E-state index contributed by atoms with van der Waals surface area (Å²) in [5, 5.41) is 0. The van der Waals surface area contributed by atoms with Crippen LogP contribution in [-0.4, -0.2) is 15.9 Å². The summed E-state index contributed by atoms with van der Waals surface area (Å²) in [5.74, 6) is -0.294. The van der Waals surface area contributed by atoms with Crippen molar-refractivity contribution in [3.8, 4) is 6.01 Å². The van der Waals surface area contributed by atoms with Gasteiger partial charge in [0.25, 0.3) is 0 Å². The van der Waals surface area contributed by atoms with Gasteiger partial charge in [-0.3, -0.25) is 4.79 Å². The molecule has 1 aromatic rings. The molecule has 0 spiro atoms. The Morgan fingerprint density at radius 2 is 2.08 bits per heavy atom. The molecule has 0 unspecified atom stereocenters. The quantitative estimate of drug-likeness (QED) is 0.681. The minimum Gasteiger partial charge on any atom is -0.337 e. The third-order valence-corrected chi connectivity index (χ3v) is 0.828. The minimum atomic E-state index is -0.294. The van der Waals surface area contributed by atoms with Crippen LogP contribution in [0.25, 0.3) is 0 Å². The van der Waals surface area contributed by atoms with Gasteiger partial charge < -0.3 is 4.84 Å². The smallest absolute Gasteiger partial charge is 0.337 e. The summed E-state index contributed by atoms with van der Waals surface area (Å²) >= 11 is 0. The van der Waals surface area contributed by atoms with Gasteiger partial charge in [0.1, 0.15) is 0 Å². The lowest BCUT2D eigenvalue weighted by atomic mass is 10.7.